The van der Waals surface area contributed by atoms with Gasteiger partial charge in [-0.2, -0.15) is 18.4 Å². The molecule has 3 rings (SSSR count). The van der Waals surface area contributed by atoms with Crippen LogP contribution in [0, 0.1) is 11.3 Å². The van der Waals surface area contributed by atoms with Crippen LogP contribution in [0.25, 0.3) is 11.3 Å². The molecule has 11 heteroatoms. The molecule has 2 heterocycles. The SMILES string of the molecule is CC1=C(C#N)C(c2ncoc2-c2ccc(C(F)(F)F)cc2)N(C(=O)O)C(=O)N1. The topological polar surface area (TPSA) is 119 Å². The second kappa shape index (κ2) is 6.73. The zero-order valence-corrected chi connectivity index (χ0v) is 14.1. The number of imide groups is 1. The number of carbonyl (C=O) groups is 2. The molecule has 0 radical (unpaired) electrons. The van der Waals surface area contributed by atoms with E-state index in [0.29, 0.717) is 4.90 Å². The zero-order valence-electron chi connectivity index (χ0n) is 14.1. The number of carbonyl (C=O) groups excluding carboxylic acids is 1. The normalized spacial score (nSPS) is 17.3. The molecule has 1 aromatic heterocycles. The highest BCUT2D eigenvalue weighted by Gasteiger charge is 2.42. The number of allylic oxidation sites excluding steroid dienone is 1. The maximum absolute atomic E-state index is 12.8. The van der Waals surface area contributed by atoms with E-state index in [2.05, 4.69) is 10.3 Å². The molecule has 0 spiro atoms. The number of alkyl halides is 3. The van der Waals surface area contributed by atoms with Crippen molar-refractivity contribution in [2.75, 3.05) is 0 Å². The Morgan fingerprint density at radius 2 is 2.00 bits per heavy atom. The van der Waals surface area contributed by atoms with Crippen molar-refractivity contribution in [2.24, 2.45) is 0 Å². The highest BCUT2D eigenvalue weighted by molar-refractivity contribution is 5.93. The number of nitrogens with one attached hydrogen (secondary N) is 1. The number of benzene rings is 1. The van der Waals surface area contributed by atoms with Gasteiger partial charge in [0.05, 0.1) is 17.2 Å². The minimum Gasteiger partial charge on any atom is -0.465 e. The molecule has 2 aromatic rings. The van der Waals surface area contributed by atoms with Gasteiger partial charge in [0.1, 0.15) is 11.7 Å². The summed E-state index contributed by atoms with van der Waals surface area (Å²) in [6.45, 7) is 1.42. The van der Waals surface area contributed by atoms with Crippen molar-refractivity contribution < 1.29 is 32.3 Å². The van der Waals surface area contributed by atoms with Crippen LogP contribution in [-0.4, -0.2) is 27.1 Å². The molecule has 1 aliphatic heterocycles. The number of amides is 3. The third-order valence-corrected chi connectivity index (χ3v) is 4.10. The number of urea groups is 1. The molecule has 1 atom stereocenters. The van der Waals surface area contributed by atoms with E-state index < -0.39 is 29.9 Å². The fraction of sp³-hybridized carbons (Fsp3) is 0.176. The second-order valence-corrected chi connectivity index (χ2v) is 5.78. The number of halogens is 3. The van der Waals surface area contributed by atoms with E-state index in [1.165, 1.54) is 6.92 Å². The third kappa shape index (κ3) is 3.16. The molecule has 0 fully saturated rings. The van der Waals surface area contributed by atoms with E-state index in [1.54, 1.807) is 0 Å². The monoisotopic (exact) mass is 392 g/mol. The van der Waals surface area contributed by atoms with Crippen molar-refractivity contribution in [3.63, 3.8) is 0 Å². The molecule has 144 valence electrons. The van der Waals surface area contributed by atoms with Crippen LogP contribution in [0.1, 0.15) is 24.2 Å². The Labute approximate surface area is 155 Å². The number of hydrogen-bond donors (Lipinski definition) is 2. The first-order chi connectivity index (χ1) is 13.1. The predicted molar refractivity (Wildman–Crippen MR) is 86.4 cm³/mol. The molecule has 2 N–H and O–H groups in total. The van der Waals surface area contributed by atoms with Gasteiger partial charge in [-0.3, -0.25) is 0 Å². The number of carboxylic acid groups (broad SMARTS) is 1. The van der Waals surface area contributed by atoms with Gasteiger partial charge in [0.2, 0.25) is 0 Å². The lowest BCUT2D eigenvalue weighted by Crippen LogP contribution is -2.49. The van der Waals surface area contributed by atoms with Crippen LogP contribution in [-0.2, 0) is 6.18 Å². The molecule has 0 bridgehead atoms. The lowest BCUT2D eigenvalue weighted by atomic mass is 9.96. The standard InChI is InChI=1S/C17H11F3N4O4/c1-8-11(6-21)13(24(16(26)27)15(25)23-8)12-14(28-7-22-12)9-2-4-10(5-3-9)17(18,19)20/h2-5,7,13H,1H3,(H,23,25)(H,26,27). The fourth-order valence-electron chi connectivity index (χ4n) is 2.82. The zero-order chi connectivity index (χ0) is 20.6. The van der Waals surface area contributed by atoms with E-state index in [1.807, 2.05) is 6.07 Å². The quantitative estimate of drug-likeness (QED) is 0.800. The first-order valence-electron chi connectivity index (χ1n) is 7.70. The van der Waals surface area contributed by atoms with Gasteiger partial charge >= 0.3 is 18.3 Å². The fourth-order valence-corrected chi connectivity index (χ4v) is 2.82. The second-order valence-electron chi connectivity index (χ2n) is 5.78. The molecule has 0 saturated heterocycles. The molecule has 1 aliphatic rings. The van der Waals surface area contributed by atoms with Crippen LogP contribution in [0.3, 0.4) is 0 Å². The van der Waals surface area contributed by atoms with Gasteiger partial charge in [0, 0.05) is 11.3 Å². The minimum atomic E-state index is -4.53. The molecule has 0 saturated carbocycles. The van der Waals surface area contributed by atoms with Crippen molar-refractivity contribution in [3.05, 3.63) is 53.2 Å². The molecule has 8 nitrogen and oxygen atoms in total. The number of rotatable bonds is 2. The average Bonchev–Trinajstić information content (AvgIpc) is 3.09. The number of nitriles is 1. The Hall–Kier alpha value is -3.81. The van der Waals surface area contributed by atoms with Gasteiger partial charge < -0.3 is 14.8 Å². The number of hydrogen-bond acceptors (Lipinski definition) is 5. The van der Waals surface area contributed by atoms with Gasteiger partial charge in [-0.1, -0.05) is 12.1 Å². The van der Waals surface area contributed by atoms with E-state index in [-0.39, 0.29) is 28.3 Å². The van der Waals surface area contributed by atoms with Crippen LogP contribution in [0.2, 0.25) is 0 Å². The Bertz CT molecular complexity index is 1020. The van der Waals surface area contributed by atoms with Crippen molar-refractivity contribution >= 4 is 12.1 Å². The average molecular weight is 392 g/mol. The maximum atomic E-state index is 12.8. The van der Waals surface area contributed by atoms with Crippen LogP contribution < -0.4 is 5.32 Å². The van der Waals surface area contributed by atoms with Gasteiger partial charge in [-0.25, -0.2) is 19.5 Å². The number of oxazole rings is 1. The summed E-state index contributed by atoms with van der Waals surface area (Å²) < 4.78 is 43.5. The minimum absolute atomic E-state index is 0.0553. The predicted octanol–water partition coefficient (Wildman–Crippen LogP) is 3.90. The summed E-state index contributed by atoms with van der Waals surface area (Å²) >= 11 is 0. The highest BCUT2D eigenvalue weighted by Crippen LogP contribution is 2.38. The summed E-state index contributed by atoms with van der Waals surface area (Å²) in [5.74, 6) is -0.0553. The molecule has 1 unspecified atom stereocenters. The molecular weight excluding hydrogens is 381 g/mol. The maximum Gasteiger partial charge on any atom is 0.416 e. The van der Waals surface area contributed by atoms with E-state index >= 15 is 0 Å². The van der Waals surface area contributed by atoms with Gasteiger partial charge in [0.25, 0.3) is 0 Å². The summed E-state index contributed by atoms with van der Waals surface area (Å²) in [7, 11) is 0. The lowest BCUT2D eigenvalue weighted by molar-refractivity contribution is -0.137. The molecule has 28 heavy (non-hydrogen) atoms. The van der Waals surface area contributed by atoms with Crippen LogP contribution in [0.5, 0.6) is 0 Å². The number of nitrogens with zero attached hydrogens (tertiary/aromatic N) is 3. The molecule has 3 amide bonds. The number of aromatic nitrogens is 1. The Kier molecular flexibility index (Phi) is 4.56. The van der Waals surface area contributed by atoms with Crippen molar-refractivity contribution in [1.82, 2.24) is 15.2 Å². The largest absolute Gasteiger partial charge is 0.465 e. The van der Waals surface area contributed by atoms with Crippen LogP contribution in [0.15, 0.2) is 46.3 Å². The first-order valence-corrected chi connectivity index (χ1v) is 7.70. The summed E-state index contributed by atoms with van der Waals surface area (Å²) in [6, 6.07) is 3.35. The van der Waals surface area contributed by atoms with Crippen LogP contribution in [0.4, 0.5) is 22.8 Å². The highest BCUT2D eigenvalue weighted by atomic mass is 19.4. The third-order valence-electron chi connectivity index (χ3n) is 4.10. The Balaban J connectivity index is 2.13. The first kappa shape index (κ1) is 19.0. The van der Waals surface area contributed by atoms with Crippen LogP contribution >= 0.6 is 0 Å². The van der Waals surface area contributed by atoms with E-state index in [0.717, 1.165) is 30.7 Å². The Morgan fingerprint density at radius 1 is 1.36 bits per heavy atom. The van der Waals surface area contributed by atoms with Crippen molar-refractivity contribution in [1.29, 1.82) is 5.26 Å². The summed E-state index contributed by atoms with van der Waals surface area (Å²) in [5, 5.41) is 21.1. The summed E-state index contributed by atoms with van der Waals surface area (Å²) in [4.78, 5) is 28.0. The molecular formula is C17H11F3N4O4. The summed E-state index contributed by atoms with van der Waals surface area (Å²) in [6.07, 6.45) is -5.21. The van der Waals surface area contributed by atoms with E-state index in [4.69, 9.17) is 4.42 Å². The van der Waals surface area contributed by atoms with E-state index in [9.17, 15) is 33.1 Å². The van der Waals surface area contributed by atoms with Crippen molar-refractivity contribution in [2.45, 2.75) is 19.1 Å². The van der Waals surface area contributed by atoms with Gasteiger partial charge in [-0.15, -0.1) is 0 Å². The lowest BCUT2D eigenvalue weighted by Gasteiger charge is -2.31. The van der Waals surface area contributed by atoms with Crippen molar-refractivity contribution in [3.8, 4) is 17.4 Å². The smallest absolute Gasteiger partial charge is 0.416 e. The van der Waals surface area contributed by atoms with Gasteiger partial charge in [0.15, 0.2) is 12.2 Å². The molecule has 1 aromatic carbocycles. The summed E-state index contributed by atoms with van der Waals surface area (Å²) in [5.41, 5.74) is -0.755. The Morgan fingerprint density at radius 3 is 2.54 bits per heavy atom. The van der Waals surface area contributed by atoms with Gasteiger partial charge in [-0.05, 0) is 19.1 Å². The molecule has 0 aliphatic carbocycles.